The predicted molar refractivity (Wildman–Crippen MR) is 111 cm³/mol. The number of aromatic nitrogens is 1. The van der Waals surface area contributed by atoms with E-state index in [0.717, 1.165) is 17.4 Å². The van der Waals surface area contributed by atoms with Crippen LogP contribution in [-0.2, 0) is 10.9 Å². The van der Waals surface area contributed by atoms with Crippen LogP contribution in [0.4, 0.5) is 23.8 Å². The number of halogens is 3. The maximum absolute atomic E-state index is 13.7. The number of alkyl halides is 3. The molecule has 31 heavy (non-hydrogen) atoms. The third-order valence-electron chi connectivity index (χ3n) is 4.89. The molecular weight excluding hydrogens is 433 g/mol. The molecular formula is C20H21F3N4O3S. The maximum atomic E-state index is 13.7. The molecule has 2 aromatic rings. The molecule has 7 nitrogen and oxygen atoms in total. The summed E-state index contributed by atoms with van der Waals surface area (Å²) in [4.78, 5) is 29.0. The van der Waals surface area contributed by atoms with Crippen molar-refractivity contribution in [2.75, 3.05) is 25.0 Å². The number of nitrogens with one attached hydrogen (secondary N) is 1. The van der Waals surface area contributed by atoms with Gasteiger partial charge in [0.1, 0.15) is 5.82 Å². The molecule has 11 heteroatoms. The minimum absolute atomic E-state index is 0.0172. The van der Waals surface area contributed by atoms with Gasteiger partial charge in [-0.15, -0.1) is 11.3 Å². The fourth-order valence-electron chi connectivity index (χ4n) is 3.36. The van der Waals surface area contributed by atoms with Gasteiger partial charge in [-0.2, -0.15) is 13.2 Å². The second kappa shape index (κ2) is 9.01. The highest BCUT2D eigenvalue weighted by Crippen LogP contribution is 2.40. The van der Waals surface area contributed by atoms with Crippen LogP contribution in [0, 0.1) is 17.8 Å². The number of fused-ring (bicyclic) bond motifs is 1. The summed E-state index contributed by atoms with van der Waals surface area (Å²) in [5, 5.41) is 3.83. The molecule has 0 spiro atoms. The van der Waals surface area contributed by atoms with Gasteiger partial charge in [-0.3, -0.25) is 4.79 Å². The summed E-state index contributed by atoms with van der Waals surface area (Å²) in [6, 6.07) is 1.04. The summed E-state index contributed by atoms with van der Waals surface area (Å²) in [6.07, 6.45) is -4.87. The Morgan fingerprint density at radius 1 is 1.39 bits per heavy atom. The zero-order valence-corrected chi connectivity index (χ0v) is 17.7. The Labute approximate surface area is 180 Å². The van der Waals surface area contributed by atoms with E-state index in [4.69, 9.17) is 10.5 Å². The highest BCUT2D eigenvalue weighted by atomic mass is 32.1. The van der Waals surface area contributed by atoms with Crippen LogP contribution in [0.2, 0.25) is 0 Å². The molecule has 1 aliphatic rings. The summed E-state index contributed by atoms with van der Waals surface area (Å²) >= 11 is 0.855. The number of anilines is 1. The number of hydrogen-bond acceptors (Lipinski definition) is 6. The summed E-state index contributed by atoms with van der Waals surface area (Å²) < 4.78 is 45.7. The molecule has 1 atom stereocenters. The van der Waals surface area contributed by atoms with Gasteiger partial charge >= 0.3 is 12.3 Å². The van der Waals surface area contributed by atoms with Crippen LogP contribution in [0.5, 0.6) is 0 Å². The monoisotopic (exact) mass is 454 g/mol. The fourth-order valence-corrected chi connectivity index (χ4v) is 4.38. The highest BCUT2D eigenvalue weighted by molar-refractivity contribution is 7.17. The molecule has 0 unspecified atom stereocenters. The van der Waals surface area contributed by atoms with Crippen molar-refractivity contribution in [3.8, 4) is 11.8 Å². The number of piperidine rings is 1. The summed E-state index contributed by atoms with van der Waals surface area (Å²) in [6.45, 7) is 2.52. The first-order valence-electron chi connectivity index (χ1n) is 9.53. The Hall–Kier alpha value is -3.00. The van der Waals surface area contributed by atoms with Crippen molar-refractivity contribution in [2.24, 2.45) is 11.7 Å². The fraction of sp³-hybridized carbons (Fsp3) is 0.450. The number of nitrogens with two attached hydrogens (primary N) is 1. The van der Waals surface area contributed by atoms with E-state index in [-0.39, 0.29) is 27.5 Å². The van der Waals surface area contributed by atoms with E-state index < -0.39 is 29.8 Å². The molecule has 1 saturated heterocycles. The number of carbonyl (C=O) groups excluding carboxylic acids is 2. The van der Waals surface area contributed by atoms with Crippen molar-refractivity contribution in [3.63, 3.8) is 0 Å². The number of rotatable bonds is 3. The van der Waals surface area contributed by atoms with Crippen LogP contribution in [0.3, 0.4) is 0 Å². The lowest BCUT2D eigenvalue weighted by atomic mass is 9.97. The van der Waals surface area contributed by atoms with Crippen LogP contribution in [0.15, 0.2) is 11.4 Å². The molecule has 3 rings (SSSR count). The Kier molecular flexibility index (Phi) is 6.59. The van der Waals surface area contributed by atoms with E-state index in [1.165, 1.54) is 12.4 Å². The van der Waals surface area contributed by atoms with Crippen LogP contribution < -0.4 is 16.0 Å². The van der Waals surface area contributed by atoms with Gasteiger partial charge in [-0.25, -0.2) is 9.78 Å². The molecule has 0 bridgehead atoms. The van der Waals surface area contributed by atoms with Gasteiger partial charge in [-0.05, 0) is 25.8 Å². The minimum atomic E-state index is -4.57. The van der Waals surface area contributed by atoms with Crippen LogP contribution in [0.25, 0.3) is 10.2 Å². The van der Waals surface area contributed by atoms with Gasteiger partial charge in [0, 0.05) is 31.4 Å². The minimum Gasteiger partial charge on any atom is -0.433 e. The smallest absolute Gasteiger partial charge is 0.417 e. The average molecular weight is 454 g/mol. The van der Waals surface area contributed by atoms with E-state index >= 15 is 0 Å². The van der Waals surface area contributed by atoms with E-state index in [0.29, 0.717) is 25.9 Å². The van der Waals surface area contributed by atoms with Gasteiger partial charge in [0.25, 0.3) is 5.91 Å². The summed E-state index contributed by atoms with van der Waals surface area (Å²) in [5.41, 5.74) is 4.32. The van der Waals surface area contributed by atoms with Crippen molar-refractivity contribution in [2.45, 2.75) is 32.0 Å². The first kappa shape index (κ1) is 22.7. The lowest BCUT2D eigenvalue weighted by Gasteiger charge is -2.31. The average Bonchev–Trinajstić information content (AvgIpc) is 3.14. The lowest BCUT2D eigenvalue weighted by Crippen LogP contribution is -2.34. The number of primary amides is 1. The van der Waals surface area contributed by atoms with E-state index in [9.17, 15) is 22.8 Å². The molecule has 166 valence electrons. The van der Waals surface area contributed by atoms with Gasteiger partial charge in [0.2, 0.25) is 0 Å². The molecule has 0 saturated carbocycles. The van der Waals surface area contributed by atoms with E-state index in [1.807, 2.05) is 0 Å². The molecule has 2 aromatic heterocycles. The van der Waals surface area contributed by atoms with Crippen molar-refractivity contribution >= 4 is 39.4 Å². The SMILES string of the molecule is CNC(=O)c1csc2c(C(F)(F)F)cc(N3CCC(C#C[C@H](C)OC(N)=O)CC3)nc12. The highest BCUT2D eigenvalue weighted by Gasteiger charge is 2.36. The molecule has 1 fully saturated rings. The number of ether oxygens (including phenoxy) is 1. The van der Waals surface area contributed by atoms with Crippen molar-refractivity contribution in [1.29, 1.82) is 0 Å². The topological polar surface area (TPSA) is 97.5 Å². The Morgan fingerprint density at radius 3 is 2.65 bits per heavy atom. The van der Waals surface area contributed by atoms with E-state index in [1.54, 1.807) is 11.8 Å². The van der Waals surface area contributed by atoms with Gasteiger partial charge < -0.3 is 20.7 Å². The van der Waals surface area contributed by atoms with E-state index in [2.05, 4.69) is 22.1 Å². The number of hydrogen-bond donors (Lipinski definition) is 2. The normalized spacial score (nSPS) is 15.8. The molecule has 0 radical (unpaired) electrons. The summed E-state index contributed by atoms with van der Waals surface area (Å²) in [7, 11) is 1.42. The first-order valence-corrected chi connectivity index (χ1v) is 10.4. The van der Waals surface area contributed by atoms with Gasteiger partial charge in [0.15, 0.2) is 6.10 Å². The number of amides is 2. The van der Waals surface area contributed by atoms with Crippen molar-refractivity contribution in [1.82, 2.24) is 10.3 Å². The first-order chi connectivity index (χ1) is 14.6. The quantitative estimate of drug-likeness (QED) is 0.693. The lowest BCUT2D eigenvalue weighted by molar-refractivity contribution is -0.136. The van der Waals surface area contributed by atoms with Gasteiger partial charge in [-0.1, -0.05) is 11.8 Å². The molecule has 1 aliphatic heterocycles. The second-order valence-electron chi connectivity index (χ2n) is 7.06. The maximum Gasteiger partial charge on any atom is 0.417 e. The largest absolute Gasteiger partial charge is 0.433 e. The van der Waals surface area contributed by atoms with Crippen molar-refractivity contribution in [3.05, 3.63) is 22.6 Å². The van der Waals surface area contributed by atoms with Gasteiger partial charge in [0.05, 0.1) is 21.3 Å². The Morgan fingerprint density at radius 2 is 2.06 bits per heavy atom. The Bertz CT molecular complexity index is 1050. The third kappa shape index (κ3) is 5.19. The third-order valence-corrected chi connectivity index (χ3v) is 5.89. The zero-order valence-electron chi connectivity index (χ0n) is 16.9. The van der Waals surface area contributed by atoms with Crippen LogP contribution in [-0.4, -0.2) is 43.2 Å². The molecule has 3 heterocycles. The standard InChI is InChI=1S/C20H21F3N4O3S/c1-11(30-19(24)29)3-4-12-5-7-27(8-6-12)15-9-14(20(21,22)23)17-16(26-15)13(10-31-17)18(28)25-2/h9-12H,5-8H2,1-2H3,(H2,24,29)(H,25,28)/t11-/m0/s1. The second-order valence-corrected chi connectivity index (χ2v) is 7.94. The molecule has 0 aromatic carbocycles. The number of carbonyl (C=O) groups is 2. The molecule has 2 amide bonds. The summed E-state index contributed by atoms with van der Waals surface area (Å²) in [5.74, 6) is 5.56. The number of thiophene rings is 1. The number of nitrogens with zero attached hydrogens (tertiary/aromatic N) is 2. The molecule has 3 N–H and O–H groups in total. The predicted octanol–water partition coefficient (Wildman–Crippen LogP) is 3.38. The number of pyridine rings is 1. The Balaban J connectivity index is 1.84. The van der Waals surface area contributed by atoms with Crippen LogP contribution >= 0.6 is 11.3 Å². The zero-order chi connectivity index (χ0) is 22.8. The van der Waals surface area contributed by atoms with Crippen LogP contribution in [0.1, 0.15) is 35.7 Å². The molecule has 0 aliphatic carbocycles. The van der Waals surface area contributed by atoms with Crippen molar-refractivity contribution < 1.29 is 27.5 Å².